The molecule has 5 nitrogen and oxygen atoms in total. The predicted octanol–water partition coefficient (Wildman–Crippen LogP) is 2.23. The van der Waals surface area contributed by atoms with Gasteiger partial charge in [-0.15, -0.1) is 0 Å². The molecule has 0 fully saturated rings. The lowest BCUT2D eigenvalue weighted by Gasteiger charge is -2.07. The van der Waals surface area contributed by atoms with E-state index in [1.165, 1.54) is 18.2 Å². The molecule has 0 spiro atoms. The topological polar surface area (TPSA) is 72.2 Å². The lowest BCUT2D eigenvalue weighted by atomic mass is 10.3. The van der Waals surface area contributed by atoms with Crippen molar-refractivity contribution in [1.82, 2.24) is 5.16 Å². The minimum Gasteiger partial charge on any atom is -0.359 e. The Balaban J connectivity index is 2.39. The Kier molecular flexibility index (Phi) is 3.08. The predicted molar refractivity (Wildman–Crippen MR) is 63.2 cm³/mol. The first-order chi connectivity index (χ1) is 8.40. The SMILES string of the molecule is Cc1noc(C)c1NS(=O)(=O)c1cccc(F)c1. The molecule has 0 saturated carbocycles. The largest absolute Gasteiger partial charge is 0.359 e. The van der Waals surface area contributed by atoms with Crippen LogP contribution in [0.4, 0.5) is 10.1 Å². The highest BCUT2D eigenvalue weighted by Gasteiger charge is 2.19. The molecular weight excluding hydrogens is 259 g/mol. The van der Waals surface area contributed by atoms with E-state index in [1.807, 2.05) is 0 Å². The van der Waals surface area contributed by atoms with E-state index in [-0.39, 0.29) is 10.6 Å². The van der Waals surface area contributed by atoms with Crippen molar-refractivity contribution in [3.8, 4) is 0 Å². The Hall–Kier alpha value is -1.89. The second kappa shape index (κ2) is 4.41. The standard InChI is InChI=1S/C11H11FN2O3S/c1-7-11(8(2)17-13-7)14-18(15,16)10-5-3-4-9(12)6-10/h3-6,14H,1-2H3. The van der Waals surface area contributed by atoms with Crippen LogP contribution >= 0.6 is 0 Å². The molecule has 0 aliphatic carbocycles. The Labute approximate surface area is 104 Å². The van der Waals surface area contributed by atoms with Crippen LogP contribution in [0.2, 0.25) is 0 Å². The zero-order valence-electron chi connectivity index (χ0n) is 9.77. The molecule has 96 valence electrons. The second-order valence-electron chi connectivity index (χ2n) is 3.76. The van der Waals surface area contributed by atoms with E-state index in [9.17, 15) is 12.8 Å². The van der Waals surface area contributed by atoms with Gasteiger partial charge in [-0.1, -0.05) is 11.2 Å². The summed E-state index contributed by atoms with van der Waals surface area (Å²) < 4.78 is 44.2. The molecule has 2 aromatic rings. The molecule has 18 heavy (non-hydrogen) atoms. The van der Waals surface area contributed by atoms with Gasteiger partial charge >= 0.3 is 0 Å². The van der Waals surface area contributed by atoms with Crippen LogP contribution in [0.5, 0.6) is 0 Å². The molecule has 0 aliphatic rings. The van der Waals surface area contributed by atoms with Crippen LogP contribution in [0.3, 0.4) is 0 Å². The zero-order chi connectivity index (χ0) is 13.3. The minimum atomic E-state index is -3.84. The smallest absolute Gasteiger partial charge is 0.262 e. The number of aromatic nitrogens is 1. The second-order valence-corrected chi connectivity index (χ2v) is 5.44. The summed E-state index contributed by atoms with van der Waals surface area (Å²) in [4.78, 5) is -0.150. The van der Waals surface area contributed by atoms with Crippen LogP contribution in [0.15, 0.2) is 33.7 Å². The van der Waals surface area contributed by atoms with Crippen LogP contribution in [0.1, 0.15) is 11.5 Å². The molecule has 1 heterocycles. The molecule has 0 bridgehead atoms. The molecular formula is C11H11FN2O3S. The number of nitrogens with zero attached hydrogens (tertiary/aromatic N) is 1. The molecule has 1 aromatic carbocycles. The minimum absolute atomic E-state index is 0.150. The number of hydrogen-bond donors (Lipinski definition) is 1. The molecule has 0 saturated heterocycles. The molecule has 2 rings (SSSR count). The number of rotatable bonds is 3. The Morgan fingerprint density at radius 3 is 2.61 bits per heavy atom. The maximum Gasteiger partial charge on any atom is 0.262 e. The molecule has 0 radical (unpaired) electrons. The highest BCUT2D eigenvalue weighted by atomic mass is 32.2. The van der Waals surface area contributed by atoms with E-state index in [0.29, 0.717) is 11.5 Å². The van der Waals surface area contributed by atoms with Crippen LogP contribution in [0.25, 0.3) is 0 Å². The fraction of sp³-hybridized carbons (Fsp3) is 0.182. The van der Waals surface area contributed by atoms with Crippen molar-refractivity contribution in [1.29, 1.82) is 0 Å². The van der Waals surface area contributed by atoms with E-state index < -0.39 is 15.8 Å². The van der Waals surface area contributed by atoms with E-state index in [4.69, 9.17) is 4.52 Å². The number of halogens is 1. The average molecular weight is 270 g/mol. The first-order valence-corrected chi connectivity index (χ1v) is 6.60. The van der Waals surface area contributed by atoms with Crippen molar-refractivity contribution in [2.24, 2.45) is 0 Å². The molecule has 0 atom stereocenters. The average Bonchev–Trinajstić information content (AvgIpc) is 2.60. The summed E-state index contributed by atoms with van der Waals surface area (Å²) in [5, 5.41) is 3.64. The summed E-state index contributed by atoms with van der Waals surface area (Å²) in [5.41, 5.74) is 0.701. The van der Waals surface area contributed by atoms with E-state index in [1.54, 1.807) is 13.8 Å². The summed E-state index contributed by atoms with van der Waals surface area (Å²) >= 11 is 0. The van der Waals surface area contributed by atoms with Gasteiger partial charge in [0.25, 0.3) is 10.0 Å². The fourth-order valence-electron chi connectivity index (χ4n) is 1.46. The Morgan fingerprint density at radius 1 is 1.33 bits per heavy atom. The van der Waals surface area contributed by atoms with Gasteiger partial charge in [-0.25, -0.2) is 12.8 Å². The Morgan fingerprint density at radius 2 is 2.06 bits per heavy atom. The van der Waals surface area contributed by atoms with E-state index >= 15 is 0 Å². The highest BCUT2D eigenvalue weighted by Crippen LogP contribution is 2.23. The van der Waals surface area contributed by atoms with Crippen molar-refractivity contribution in [2.75, 3.05) is 4.72 Å². The van der Waals surface area contributed by atoms with Gasteiger partial charge in [0.2, 0.25) is 0 Å². The van der Waals surface area contributed by atoms with Crippen molar-refractivity contribution < 1.29 is 17.3 Å². The summed E-state index contributed by atoms with van der Waals surface area (Å²) in [5.74, 6) is -0.260. The quantitative estimate of drug-likeness (QED) is 0.928. The van der Waals surface area contributed by atoms with Crippen molar-refractivity contribution in [3.63, 3.8) is 0 Å². The first kappa shape index (κ1) is 12.6. The van der Waals surface area contributed by atoms with Gasteiger partial charge in [0.1, 0.15) is 17.2 Å². The lowest BCUT2D eigenvalue weighted by Crippen LogP contribution is -2.14. The molecule has 1 N–H and O–H groups in total. The van der Waals surface area contributed by atoms with Crippen LogP contribution in [-0.2, 0) is 10.0 Å². The zero-order valence-corrected chi connectivity index (χ0v) is 10.6. The third-order valence-electron chi connectivity index (χ3n) is 2.38. The number of anilines is 1. The number of sulfonamides is 1. The lowest BCUT2D eigenvalue weighted by molar-refractivity contribution is 0.393. The van der Waals surface area contributed by atoms with Gasteiger partial charge in [-0.3, -0.25) is 4.72 Å². The van der Waals surface area contributed by atoms with E-state index in [0.717, 1.165) is 6.07 Å². The van der Waals surface area contributed by atoms with Gasteiger partial charge < -0.3 is 4.52 Å². The van der Waals surface area contributed by atoms with Crippen molar-refractivity contribution in [3.05, 3.63) is 41.5 Å². The van der Waals surface area contributed by atoms with Gasteiger partial charge in [0, 0.05) is 0 Å². The van der Waals surface area contributed by atoms with Crippen LogP contribution in [-0.4, -0.2) is 13.6 Å². The van der Waals surface area contributed by atoms with Crippen LogP contribution in [0, 0.1) is 19.7 Å². The molecule has 0 unspecified atom stereocenters. The first-order valence-electron chi connectivity index (χ1n) is 5.11. The molecule has 0 amide bonds. The summed E-state index contributed by atoms with van der Waals surface area (Å²) in [6.07, 6.45) is 0. The van der Waals surface area contributed by atoms with Crippen molar-refractivity contribution >= 4 is 15.7 Å². The molecule has 0 aliphatic heterocycles. The number of aryl methyl sites for hydroxylation is 2. The fourth-order valence-corrected chi connectivity index (χ4v) is 2.66. The van der Waals surface area contributed by atoms with Gasteiger partial charge in [0.05, 0.1) is 4.90 Å². The van der Waals surface area contributed by atoms with Crippen molar-refractivity contribution in [2.45, 2.75) is 18.7 Å². The van der Waals surface area contributed by atoms with Crippen LogP contribution < -0.4 is 4.72 Å². The number of nitrogens with one attached hydrogen (secondary N) is 1. The normalized spacial score (nSPS) is 11.5. The third-order valence-corrected chi connectivity index (χ3v) is 3.72. The summed E-state index contributed by atoms with van der Waals surface area (Å²) in [6, 6.07) is 4.76. The summed E-state index contributed by atoms with van der Waals surface area (Å²) in [6.45, 7) is 3.20. The van der Waals surface area contributed by atoms with Gasteiger partial charge in [-0.2, -0.15) is 0 Å². The highest BCUT2D eigenvalue weighted by molar-refractivity contribution is 7.92. The van der Waals surface area contributed by atoms with Gasteiger partial charge in [-0.05, 0) is 32.0 Å². The molecule has 7 heteroatoms. The Bertz CT molecular complexity index is 660. The third kappa shape index (κ3) is 2.35. The maximum absolute atomic E-state index is 13.0. The summed E-state index contributed by atoms with van der Waals surface area (Å²) in [7, 11) is -3.84. The number of hydrogen-bond acceptors (Lipinski definition) is 4. The van der Waals surface area contributed by atoms with E-state index in [2.05, 4.69) is 9.88 Å². The van der Waals surface area contributed by atoms with Gasteiger partial charge in [0.15, 0.2) is 5.76 Å². The number of benzene rings is 1. The monoisotopic (exact) mass is 270 g/mol. The molecule has 1 aromatic heterocycles. The maximum atomic E-state index is 13.0.